The third-order valence-corrected chi connectivity index (χ3v) is 5.32. The van der Waals surface area contributed by atoms with Gasteiger partial charge >= 0.3 is 0 Å². The van der Waals surface area contributed by atoms with E-state index in [0.29, 0.717) is 11.9 Å². The quantitative estimate of drug-likeness (QED) is 0.750. The van der Waals surface area contributed by atoms with Crippen LogP contribution < -0.4 is 16.4 Å². The topological polar surface area (TPSA) is 92.2 Å². The fraction of sp³-hybridized carbons (Fsp3) is 0.579. The summed E-state index contributed by atoms with van der Waals surface area (Å²) in [5, 5.41) is 7.00. The number of hydrogen-bond donors (Lipinski definition) is 3. The average Bonchev–Trinajstić information content (AvgIpc) is 3.03. The molecular formula is C19H28N6O. The van der Waals surface area contributed by atoms with Crippen LogP contribution in [0.4, 0.5) is 11.8 Å². The highest BCUT2D eigenvalue weighted by Crippen LogP contribution is 2.23. The largest absolute Gasteiger partial charge is 0.468 e. The van der Waals surface area contributed by atoms with Gasteiger partial charge in [-0.25, -0.2) is 4.98 Å². The van der Waals surface area contributed by atoms with Gasteiger partial charge in [-0.3, -0.25) is 4.90 Å². The van der Waals surface area contributed by atoms with E-state index in [-0.39, 0.29) is 0 Å². The van der Waals surface area contributed by atoms with Gasteiger partial charge in [-0.2, -0.15) is 4.98 Å². The van der Waals surface area contributed by atoms with E-state index in [0.717, 1.165) is 69.4 Å². The second-order valence-corrected chi connectivity index (χ2v) is 7.31. The summed E-state index contributed by atoms with van der Waals surface area (Å²) in [4.78, 5) is 11.4. The number of nitrogens with two attached hydrogens (primary N) is 1. The molecule has 1 saturated heterocycles. The highest BCUT2D eigenvalue weighted by Gasteiger charge is 2.22. The molecule has 0 amide bonds. The van der Waals surface area contributed by atoms with Crippen LogP contribution in [0.15, 0.2) is 22.8 Å². The molecule has 7 heteroatoms. The molecule has 1 unspecified atom stereocenters. The third kappa shape index (κ3) is 4.16. The van der Waals surface area contributed by atoms with Crippen LogP contribution in [0.25, 0.3) is 0 Å². The molecule has 0 radical (unpaired) electrons. The SMILES string of the molecule is Nc1nc2c(c(NCC3CCCN(Cc4ccco4)C3)n1)CCNCC2. The van der Waals surface area contributed by atoms with Gasteiger partial charge in [0.25, 0.3) is 0 Å². The normalized spacial score (nSPS) is 21.2. The minimum absolute atomic E-state index is 0.372. The Labute approximate surface area is 154 Å². The Bertz CT molecular complexity index is 717. The molecule has 2 aromatic heterocycles. The molecule has 0 aromatic carbocycles. The van der Waals surface area contributed by atoms with Crippen molar-refractivity contribution in [1.29, 1.82) is 0 Å². The average molecular weight is 356 g/mol. The molecule has 0 bridgehead atoms. The molecule has 4 rings (SSSR count). The van der Waals surface area contributed by atoms with Gasteiger partial charge in [0.05, 0.1) is 18.5 Å². The number of furan rings is 1. The van der Waals surface area contributed by atoms with E-state index in [1.165, 1.54) is 18.4 Å². The van der Waals surface area contributed by atoms with Crippen molar-refractivity contribution in [3.05, 3.63) is 35.4 Å². The maximum Gasteiger partial charge on any atom is 0.222 e. The number of likely N-dealkylation sites (tertiary alicyclic amines) is 1. The number of fused-ring (bicyclic) bond motifs is 1. The van der Waals surface area contributed by atoms with Crippen LogP contribution in [0.2, 0.25) is 0 Å². The number of rotatable bonds is 5. The highest BCUT2D eigenvalue weighted by molar-refractivity contribution is 5.50. The minimum atomic E-state index is 0.372. The first kappa shape index (κ1) is 17.3. The Kier molecular flexibility index (Phi) is 5.36. The number of anilines is 2. The van der Waals surface area contributed by atoms with E-state index >= 15 is 0 Å². The molecule has 26 heavy (non-hydrogen) atoms. The third-order valence-electron chi connectivity index (χ3n) is 5.32. The van der Waals surface area contributed by atoms with Gasteiger partial charge in [0, 0.05) is 31.6 Å². The van der Waals surface area contributed by atoms with Crippen molar-refractivity contribution in [3.8, 4) is 0 Å². The lowest BCUT2D eigenvalue weighted by Gasteiger charge is -2.32. The zero-order chi connectivity index (χ0) is 17.8. The lowest BCUT2D eigenvalue weighted by atomic mass is 9.97. The predicted octanol–water partition coefficient (Wildman–Crippen LogP) is 1.66. The van der Waals surface area contributed by atoms with Crippen molar-refractivity contribution in [1.82, 2.24) is 20.2 Å². The van der Waals surface area contributed by atoms with E-state index in [1.54, 1.807) is 6.26 Å². The first-order valence-corrected chi connectivity index (χ1v) is 9.62. The Balaban J connectivity index is 1.38. The lowest BCUT2D eigenvalue weighted by Crippen LogP contribution is -2.37. The molecule has 2 aromatic rings. The summed E-state index contributed by atoms with van der Waals surface area (Å²) < 4.78 is 5.49. The van der Waals surface area contributed by atoms with E-state index in [1.807, 2.05) is 6.07 Å². The van der Waals surface area contributed by atoms with Crippen molar-refractivity contribution in [2.75, 3.05) is 43.8 Å². The second-order valence-electron chi connectivity index (χ2n) is 7.31. The van der Waals surface area contributed by atoms with Crippen LogP contribution in [0.1, 0.15) is 29.9 Å². The molecule has 4 N–H and O–H groups in total. The van der Waals surface area contributed by atoms with Crippen LogP contribution in [0.3, 0.4) is 0 Å². The Morgan fingerprint density at radius 2 is 2.23 bits per heavy atom. The van der Waals surface area contributed by atoms with E-state index < -0.39 is 0 Å². The number of nitrogen functional groups attached to an aromatic ring is 1. The molecular weight excluding hydrogens is 328 g/mol. The van der Waals surface area contributed by atoms with Crippen LogP contribution in [-0.2, 0) is 19.4 Å². The molecule has 7 nitrogen and oxygen atoms in total. The summed E-state index contributed by atoms with van der Waals surface area (Å²) in [5.74, 6) is 2.95. The van der Waals surface area contributed by atoms with Gasteiger partial charge in [0.2, 0.25) is 5.95 Å². The van der Waals surface area contributed by atoms with Crippen molar-refractivity contribution in [2.24, 2.45) is 5.92 Å². The molecule has 2 aliphatic rings. The summed E-state index contributed by atoms with van der Waals surface area (Å²) in [5.41, 5.74) is 8.26. The number of nitrogens with one attached hydrogen (secondary N) is 2. The summed E-state index contributed by atoms with van der Waals surface area (Å²) in [6.45, 7) is 5.95. The summed E-state index contributed by atoms with van der Waals surface area (Å²) >= 11 is 0. The Morgan fingerprint density at radius 1 is 1.31 bits per heavy atom. The van der Waals surface area contributed by atoms with Gasteiger partial charge in [0.15, 0.2) is 0 Å². The number of aromatic nitrogens is 2. The van der Waals surface area contributed by atoms with Gasteiger partial charge in [0.1, 0.15) is 11.6 Å². The number of nitrogens with zero attached hydrogens (tertiary/aromatic N) is 3. The first-order valence-electron chi connectivity index (χ1n) is 9.62. The Morgan fingerprint density at radius 3 is 3.12 bits per heavy atom. The van der Waals surface area contributed by atoms with Gasteiger partial charge < -0.3 is 20.8 Å². The monoisotopic (exact) mass is 356 g/mol. The Hall–Kier alpha value is -2.12. The molecule has 0 saturated carbocycles. The zero-order valence-corrected chi connectivity index (χ0v) is 15.2. The maximum absolute atomic E-state index is 5.94. The predicted molar refractivity (Wildman–Crippen MR) is 102 cm³/mol. The van der Waals surface area contributed by atoms with Crippen molar-refractivity contribution < 1.29 is 4.42 Å². The number of piperidine rings is 1. The van der Waals surface area contributed by atoms with E-state index in [9.17, 15) is 0 Å². The smallest absolute Gasteiger partial charge is 0.222 e. The van der Waals surface area contributed by atoms with E-state index in [2.05, 4.69) is 31.6 Å². The fourth-order valence-corrected chi connectivity index (χ4v) is 4.04. The minimum Gasteiger partial charge on any atom is -0.468 e. The van der Waals surface area contributed by atoms with Crippen LogP contribution in [0.5, 0.6) is 0 Å². The molecule has 2 aliphatic heterocycles. The molecule has 0 spiro atoms. The molecule has 0 aliphatic carbocycles. The van der Waals surface area contributed by atoms with Crippen LogP contribution >= 0.6 is 0 Å². The molecule has 1 atom stereocenters. The molecule has 140 valence electrons. The van der Waals surface area contributed by atoms with Gasteiger partial charge in [-0.05, 0) is 50.4 Å². The van der Waals surface area contributed by atoms with Crippen LogP contribution in [-0.4, -0.2) is 47.6 Å². The standard InChI is InChI=1S/C19H28N6O/c20-19-23-17-6-8-21-7-5-16(17)18(24-19)22-11-14-3-1-9-25(12-14)13-15-4-2-10-26-15/h2,4,10,14,21H,1,3,5-9,11-13H2,(H3,20,22,23,24). The van der Waals surface area contributed by atoms with Crippen molar-refractivity contribution in [2.45, 2.75) is 32.2 Å². The summed E-state index contributed by atoms with van der Waals surface area (Å²) in [6.07, 6.45) is 6.08. The summed E-state index contributed by atoms with van der Waals surface area (Å²) in [7, 11) is 0. The zero-order valence-electron chi connectivity index (χ0n) is 15.2. The highest BCUT2D eigenvalue weighted by atomic mass is 16.3. The number of hydrogen-bond acceptors (Lipinski definition) is 7. The van der Waals surface area contributed by atoms with Gasteiger partial charge in [-0.15, -0.1) is 0 Å². The fourth-order valence-electron chi connectivity index (χ4n) is 4.04. The summed E-state index contributed by atoms with van der Waals surface area (Å²) in [6, 6.07) is 4.01. The van der Waals surface area contributed by atoms with Gasteiger partial charge in [-0.1, -0.05) is 0 Å². The van der Waals surface area contributed by atoms with E-state index in [4.69, 9.17) is 10.2 Å². The lowest BCUT2D eigenvalue weighted by molar-refractivity contribution is 0.162. The maximum atomic E-state index is 5.94. The van der Waals surface area contributed by atoms with Crippen LogP contribution in [0, 0.1) is 5.92 Å². The van der Waals surface area contributed by atoms with Crippen molar-refractivity contribution in [3.63, 3.8) is 0 Å². The molecule has 4 heterocycles. The molecule has 1 fully saturated rings. The first-order chi connectivity index (χ1) is 12.8. The van der Waals surface area contributed by atoms with Crippen molar-refractivity contribution >= 4 is 11.8 Å². The second kappa shape index (κ2) is 8.05.